The number of carbonyl (C=O) groups is 1. The fraction of sp³-hybridized carbons (Fsp3) is 0.727. The second-order valence-electron chi connectivity index (χ2n) is 3.99. The van der Waals surface area contributed by atoms with Crippen LogP contribution in [0.4, 0.5) is 0 Å². The van der Waals surface area contributed by atoms with E-state index in [0.29, 0.717) is 11.5 Å². The van der Waals surface area contributed by atoms with Crippen molar-refractivity contribution in [2.24, 2.45) is 5.92 Å². The minimum atomic E-state index is -0.365. The summed E-state index contributed by atoms with van der Waals surface area (Å²) in [6, 6.07) is 0. The molecule has 0 spiro atoms. The molecule has 2 nitrogen and oxygen atoms in total. The van der Waals surface area contributed by atoms with Crippen molar-refractivity contribution < 1.29 is 9.53 Å². The van der Waals surface area contributed by atoms with E-state index in [1.165, 1.54) is 0 Å². The highest BCUT2D eigenvalue weighted by Gasteiger charge is 2.30. The average molecular weight is 184 g/mol. The molecule has 0 aliphatic heterocycles. The molecular weight excluding hydrogens is 164 g/mol. The zero-order valence-corrected chi connectivity index (χ0v) is 9.31. The summed E-state index contributed by atoms with van der Waals surface area (Å²) in [5.41, 5.74) is 0.0936. The monoisotopic (exact) mass is 184 g/mol. The maximum atomic E-state index is 11.3. The van der Waals surface area contributed by atoms with Gasteiger partial charge in [-0.1, -0.05) is 27.4 Å². The Bertz CT molecular complexity index is 206. The molecule has 0 bridgehead atoms. The van der Waals surface area contributed by atoms with E-state index in [4.69, 9.17) is 4.74 Å². The topological polar surface area (TPSA) is 26.3 Å². The number of ether oxygens (including phenoxy) is 1. The summed E-state index contributed by atoms with van der Waals surface area (Å²) in [6.45, 7) is 13.3. The second kappa shape index (κ2) is 4.45. The van der Waals surface area contributed by atoms with Gasteiger partial charge in [0, 0.05) is 5.57 Å². The lowest BCUT2D eigenvalue weighted by molar-refractivity contribution is -0.158. The quantitative estimate of drug-likeness (QED) is 0.496. The molecule has 0 N–H and O–H groups in total. The van der Waals surface area contributed by atoms with Gasteiger partial charge >= 0.3 is 5.97 Å². The van der Waals surface area contributed by atoms with Gasteiger partial charge in [-0.05, 0) is 26.2 Å². The fourth-order valence-corrected chi connectivity index (χ4v) is 0.897. The number of hydrogen-bond donors (Lipinski definition) is 0. The normalized spacial score (nSPS) is 15.2. The second-order valence-corrected chi connectivity index (χ2v) is 3.99. The van der Waals surface area contributed by atoms with Gasteiger partial charge in [0.15, 0.2) is 0 Å². The van der Waals surface area contributed by atoms with Crippen LogP contribution in [-0.2, 0) is 9.53 Å². The Morgan fingerprint density at radius 3 is 2.23 bits per heavy atom. The third-order valence-electron chi connectivity index (χ3n) is 2.60. The smallest absolute Gasteiger partial charge is 0.333 e. The minimum Gasteiger partial charge on any atom is -0.456 e. The molecular formula is C11H20O2. The summed E-state index contributed by atoms with van der Waals surface area (Å²) >= 11 is 0. The Morgan fingerprint density at radius 1 is 1.54 bits per heavy atom. The molecule has 0 aliphatic rings. The Labute approximate surface area is 81.0 Å². The van der Waals surface area contributed by atoms with Crippen molar-refractivity contribution in [1.82, 2.24) is 0 Å². The standard InChI is InChI=1S/C11H20O2/c1-7-11(6,9(4)5)13-10(12)8(2)3/h9H,2,7H2,1,3-6H3. The lowest BCUT2D eigenvalue weighted by Crippen LogP contribution is -2.36. The molecule has 0 fully saturated rings. The van der Waals surface area contributed by atoms with Gasteiger partial charge in [0.1, 0.15) is 5.60 Å². The van der Waals surface area contributed by atoms with Crippen molar-refractivity contribution in [1.29, 1.82) is 0 Å². The predicted molar refractivity (Wildman–Crippen MR) is 54.4 cm³/mol. The van der Waals surface area contributed by atoms with E-state index in [1.54, 1.807) is 6.92 Å². The number of hydrogen-bond acceptors (Lipinski definition) is 2. The zero-order valence-electron chi connectivity index (χ0n) is 9.31. The number of esters is 1. The van der Waals surface area contributed by atoms with Crippen LogP contribution in [0.5, 0.6) is 0 Å². The summed E-state index contributed by atoms with van der Waals surface area (Å²) in [5, 5.41) is 0. The van der Waals surface area contributed by atoms with E-state index in [-0.39, 0.29) is 11.6 Å². The van der Waals surface area contributed by atoms with E-state index in [1.807, 2.05) is 13.8 Å². The van der Waals surface area contributed by atoms with Gasteiger partial charge in [-0.25, -0.2) is 4.79 Å². The molecule has 0 aromatic rings. The highest BCUT2D eigenvalue weighted by molar-refractivity contribution is 5.87. The highest BCUT2D eigenvalue weighted by Crippen LogP contribution is 2.25. The predicted octanol–water partition coefficient (Wildman–Crippen LogP) is 2.93. The van der Waals surface area contributed by atoms with Crippen molar-refractivity contribution in [2.45, 2.75) is 46.6 Å². The van der Waals surface area contributed by atoms with Crippen LogP contribution < -0.4 is 0 Å². The molecule has 0 heterocycles. The van der Waals surface area contributed by atoms with Crippen molar-refractivity contribution in [3.63, 3.8) is 0 Å². The summed E-state index contributed by atoms with van der Waals surface area (Å²) < 4.78 is 5.37. The van der Waals surface area contributed by atoms with Crippen LogP contribution >= 0.6 is 0 Å². The van der Waals surface area contributed by atoms with Crippen LogP contribution in [0.2, 0.25) is 0 Å². The maximum Gasteiger partial charge on any atom is 0.333 e. The lowest BCUT2D eigenvalue weighted by atomic mass is 9.89. The molecule has 0 radical (unpaired) electrons. The Morgan fingerprint density at radius 2 is 2.00 bits per heavy atom. The first kappa shape index (κ1) is 12.2. The van der Waals surface area contributed by atoms with Crippen molar-refractivity contribution in [3.8, 4) is 0 Å². The third kappa shape index (κ3) is 3.21. The van der Waals surface area contributed by atoms with Gasteiger partial charge < -0.3 is 4.74 Å². The fourth-order valence-electron chi connectivity index (χ4n) is 0.897. The summed E-state index contributed by atoms with van der Waals surface area (Å²) in [5.74, 6) is 0.0267. The van der Waals surface area contributed by atoms with Crippen LogP contribution in [0.3, 0.4) is 0 Å². The summed E-state index contributed by atoms with van der Waals surface area (Å²) in [7, 11) is 0. The van der Waals surface area contributed by atoms with Gasteiger partial charge in [-0.2, -0.15) is 0 Å². The van der Waals surface area contributed by atoms with Crippen LogP contribution in [0, 0.1) is 5.92 Å². The van der Waals surface area contributed by atoms with E-state index >= 15 is 0 Å². The molecule has 76 valence electrons. The van der Waals surface area contributed by atoms with E-state index in [0.717, 1.165) is 6.42 Å². The van der Waals surface area contributed by atoms with E-state index in [9.17, 15) is 4.79 Å². The molecule has 0 saturated heterocycles. The van der Waals surface area contributed by atoms with Gasteiger partial charge in [0.2, 0.25) is 0 Å². The van der Waals surface area contributed by atoms with Crippen LogP contribution in [0.15, 0.2) is 12.2 Å². The first-order valence-electron chi connectivity index (χ1n) is 4.72. The molecule has 0 aromatic carbocycles. The minimum absolute atomic E-state index is 0.293. The van der Waals surface area contributed by atoms with Gasteiger partial charge in [-0.15, -0.1) is 0 Å². The van der Waals surface area contributed by atoms with Crippen LogP contribution in [0.1, 0.15) is 41.0 Å². The lowest BCUT2D eigenvalue weighted by Gasteiger charge is -2.32. The number of carbonyl (C=O) groups excluding carboxylic acids is 1. The van der Waals surface area contributed by atoms with Crippen LogP contribution in [0.25, 0.3) is 0 Å². The van der Waals surface area contributed by atoms with Crippen molar-refractivity contribution >= 4 is 5.97 Å². The Balaban J connectivity index is 4.45. The summed E-state index contributed by atoms with van der Waals surface area (Å²) in [6.07, 6.45) is 0.823. The molecule has 0 rings (SSSR count). The third-order valence-corrected chi connectivity index (χ3v) is 2.60. The molecule has 0 aromatic heterocycles. The first-order chi connectivity index (χ1) is 5.83. The van der Waals surface area contributed by atoms with Gasteiger partial charge in [0.05, 0.1) is 0 Å². The van der Waals surface area contributed by atoms with Gasteiger partial charge in [-0.3, -0.25) is 0 Å². The molecule has 2 heteroatoms. The van der Waals surface area contributed by atoms with Crippen LogP contribution in [-0.4, -0.2) is 11.6 Å². The maximum absolute atomic E-state index is 11.3. The molecule has 13 heavy (non-hydrogen) atoms. The van der Waals surface area contributed by atoms with Crippen molar-refractivity contribution in [3.05, 3.63) is 12.2 Å². The van der Waals surface area contributed by atoms with Gasteiger partial charge in [0.25, 0.3) is 0 Å². The molecule has 0 saturated carbocycles. The number of rotatable bonds is 4. The Kier molecular flexibility index (Phi) is 4.18. The van der Waals surface area contributed by atoms with E-state index < -0.39 is 0 Å². The highest BCUT2D eigenvalue weighted by atomic mass is 16.6. The zero-order chi connectivity index (χ0) is 10.6. The molecule has 0 aliphatic carbocycles. The molecule has 1 atom stereocenters. The summed E-state index contributed by atoms with van der Waals surface area (Å²) in [4.78, 5) is 11.3. The van der Waals surface area contributed by atoms with Crippen molar-refractivity contribution in [2.75, 3.05) is 0 Å². The SMILES string of the molecule is C=C(C)C(=O)OC(C)(CC)C(C)C. The van der Waals surface area contributed by atoms with E-state index in [2.05, 4.69) is 20.4 Å². The molecule has 1 unspecified atom stereocenters. The largest absolute Gasteiger partial charge is 0.456 e. The molecule has 0 amide bonds. The Hall–Kier alpha value is -0.790. The average Bonchev–Trinajstić information content (AvgIpc) is 2.03. The first-order valence-corrected chi connectivity index (χ1v) is 4.72.